The Morgan fingerprint density at radius 1 is 1.23 bits per heavy atom. The van der Waals surface area contributed by atoms with Gasteiger partial charge in [0.1, 0.15) is 17.8 Å². The average Bonchev–Trinajstić information content (AvgIpc) is 3.30. The number of hydrogen-bond acceptors (Lipinski definition) is 5. The third-order valence-corrected chi connectivity index (χ3v) is 5.36. The molecule has 1 aliphatic carbocycles. The number of aromatic nitrogens is 3. The topological polar surface area (TPSA) is 107 Å². The SMILES string of the molecule is N=CC(=CN)c1cccc(C2CCC(n3ccc4c(N)ncnc43)C2)c1. The molecule has 5 N–H and O–H groups in total. The molecule has 4 rings (SSSR count). The van der Waals surface area contributed by atoms with Crippen LogP contribution >= 0.6 is 0 Å². The van der Waals surface area contributed by atoms with Crippen molar-refractivity contribution in [2.75, 3.05) is 5.73 Å². The van der Waals surface area contributed by atoms with E-state index in [1.165, 1.54) is 24.3 Å². The van der Waals surface area contributed by atoms with Crippen molar-refractivity contribution in [2.24, 2.45) is 5.73 Å². The molecule has 2 atom stereocenters. The molecule has 2 unspecified atom stereocenters. The molecule has 0 aliphatic heterocycles. The number of rotatable bonds is 4. The average molecular weight is 346 g/mol. The van der Waals surface area contributed by atoms with Gasteiger partial charge in [0.05, 0.1) is 5.39 Å². The number of anilines is 1. The summed E-state index contributed by atoms with van der Waals surface area (Å²) in [7, 11) is 0. The number of fused-ring (bicyclic) bond motifs is 1. The van der Waals surface area contributed by atoms with Crippen LogP contribution in [0.4, 0.5) is 5.82 Å². The zero-order chi connectivity index (χ0) is 18.1. The molecule has 1 aromatic carbocycles. The van der Waals surface area contributed by atoms with E-state index >= 15 is 0 Å². The van der Waals surface area contributed by atoms with Crippen molar-refractivity contribution >= 4 is 28.6 Å². The summed E-state index contributed by atoms with van der Waals surface area (Å²) in [5, 5.41) is 8.42. The minimum Gasteiger partial charge on any atom is -0.404 e. The van der Waals surface area contributed by atoms with Gasteiger partial charge in [-0.2, -0.15) is 0 Å². The molecule has 0 spiro atoms. The van der Waals surface area contributed by atoms with E-state index in [1.54, 1.807) is 0 Å². The second-order valence-corrected chi connectivity index (χ2v) is 6.77. The summed E-state index contributed by atoms with van der Waals surface area (Å²) in [5.74, 6) is 1.02. The number of nitrogen functional groups attached to an aromatic ring is 1. The van der Waals surface area contributed by atoms with Crippen molar-refractivity contribution in [3.63, 3.8) is 0 Å². The van der Waals surface area contributed by atoms with Crippen molar-refractivity contribution in [3.05, 3.63) is 60.2 Å². The van der Waals surface area contributed by atoms with E-state index in [-0.39, 0.29) is 0 Å². The van der Waals surface area contributed by atoms with Gasteiger partial charge in [-0.05, 0) is 42.4 Å². The van der Waals surface area contributed by atoms with Crippen LogP contribution in [0.3, 0.4) is 0 Å². The molecule has 0 saturated heterocycles. The van der Waals surface area contributed by atoms with Gasteiger partial charge in [-0.25, -0.2) is 9.97 Å². The number of hydrogen-bond donors (Lipinski definition) is 3. The Bertz CT molecular complexity index is 987. The van der Waals surface area contributed by atoms with E-state index in [0.717, 1.165) is 41.4 Å². The van der Waals surface area contributed by atoms with Crippen molar-refractivity contribution < 1.29 is 0 Å². The van der Waals surface area contributed by atoms with Crippen molar-refractivity contribution in [3.8, 4) is 0 Å². The lowest BCUT2D eigenvalue weighted by Gasteiger charge is -2.15. The highest BCUT2D eigenvalue weighted by Crippen LogP contribution is 2.42. The van der Waals surface area contributed by atoms with Crippen LogP contribution in [0, 0.1) is 5.41 Å². The molecule has 1 fully saturated rings. The van der Waals surface area contributed by atoms with Crippen LogP contribution in [0.2, 0.25) is 0 Å². The molecule has 0 bridgehead atoms. The summed E-state index contributed by atoms with van der Waals surface area (Å²) in [5.41, 5.74) is 15.5. The van der Waals surface area contributed by atoms with Crippen molar-refractivity contribution in [2.45, 2.75) is 31.2 Å². The first kappa shape index (κ1) is 16.3. The molecule has 6 nitrogen and oxygen atoms in total. The predicted octanol–water partition coefficient (Wildman–Crippen LogP) is 3.47. The van der Waals surface area contributed by atoms with Crippen molar-refractivity contribution in [1.29, 1.82) is 5.41 Å². The summed E-state index contributed by atoms with van der Waals surface area (Å²) in [4.78, 5) is 8.50. The van der Waals surface area contributed by atoms with Crippen LogP contribution in [0.1, 0.15) is 42.3 Å². The van der Waals surface area contributed by atoms with Gasteiger partial charge in [0.15, 0.2) is 0 Å². The van der Waals surface area contributed by atoms with Gasteiger partial charge in [0.2, 0.25) is 0 Å². The van der Waals surface area contributed by atoms with E-state index in [9.17, 15) is 0 Å². The van der Waals surface area contributed by atoms with Gasteiger partial charge in [-0.1, -0.05) is 24.3 Å². The number of benzene rings is 1. The molecular formula is C20H22N6. The molecule has 26 heavy (non-hydrogen) atoms. The molecule has 3 aromatic rings. The minimum atomic E-state index is 0.405. The molecular weight excluding hydrogens is 324 g/mol. The maximum absolute atomic E-state index is 7.50. The lowest BCUT2D eigenvalue weighted by atomic mass is 9.94. The highest BCUT2D eigenvalue weighted by molar-refractivity contribution is 6.08. The summed E-state index contributed by atoms with van der Waals surface area (Å²) in [6.07, 6.45) is 9.68. The number of allylic oxidation sites excluding steroid dienone is 1. The van der Waals surface area contributed by atoms with Gasteiger partial charge in [-0.3, -0.25) is 0 Å². The third-order valence-electron chi connectivity index (χ3n) is 5.36. The maximum Gasteiger partial charge on any atom is 0.145 e. The monoisotopic (exact) mass is 346 g/mol. The Morgan fingerprint density at radius 3 is 2.92 bits per heavy atom. The number of nitrogens with one attached hydrogen (secondary N) is 1. The summed E-state index contributed by atoms with van der Waals surface area (Å²) in [6.45, 7) is 0. The first-order valence-electron chi connectivity index (χ1n) is 8.81. The highest BCUT2D eigenvalue weighted by atomic mass is 15.1. The van der Waals surface area contributed by atoms with Gasteiger partial charge < -0.3 is 21.4 Å². The molecule has 2 heterocycles. The van der Waals surface area contributed by atoms with E-state index in [4.69, 9.17) is 16.9 Å². The fourth-order valence-electron chi connectivity index (χ4n) is 4.00. The fraction of sp³-hybridized carbons (Fsp3) is 0.250. The summed E-state index contributed by atoms with van der Waals surface area (Å²) < 4.78 is 2.24. The number of nitrogens with two attached hydrogens (primary N) is 2. The zero-order valence-electron chi connectivity index (χ0n) is 14.5. The van der Waals surface area contributed by atoms with Crippen LogP contribution in [-0.2, 0) is 0 Å². The fourth-order valence-corrected chi connectivity index (χ4v) is 4.00. The zero-order valence-corrected chi connectivity index (χ0v) is 14.5. The lowest BCUT2D eigenvalue weighted by Crippen LogP contribution is -2.05. The second kappa shape index (κ2) is 6.63. The smallest absolute Gasteiger partial charge is 0.145 e. The molecule has 1 aliphatic rings. The van der Waals surface area contributed by atoms with E-state index in [1.807, 2.05) is 18.2 Å². The lowest BCUT2D eigenvalue weighted by molar-refractivity contribution is 0.523. The second-order valence-electron chi connectivity index (χ2n) is 6.77. The standard InChI is InChI=1S/C20H22N6/c21-10-16(11-22)14-3-1-2-13(8-14)15-4-5-17(9-15)26-7-6-18-19(23)24-12-25-20(18)26/h1-3,6-8,10-12,15,17,21H,4-5,9,22H2,(H2,23,24,25). The predicted molar refractivity (Wildman–Crippen MR) is 105 cm³/mol. The van der Waals surface area contributed by atoms with Gasteiger partial charge >= 0.3 is 0 Å². The maximum atomic E-state index is 7.50. The van der Waals surface area contributed by atoms with Gasteiger partial charge in [-0.15, -0.1) is 0 Å². The van der Waals surface area contributed by atoms with E-state index in [2.05, 4.69) is 32.9 Å². The molecule has 0 amide bonds. The quantitative estimate of drug-likeness (QED) is 0.629. The normalized spacial score (nSPS) is 20.5. The molecule has 0 radical (unpaired) electrons. The molecule has 2 aromatic heterocycles. The van der Waals surface area contributed by atoms with Crippen LogP contribution in [0.5, 0.6) is 0 Å². The van der Waals surface area contributed by atoms with Crippen LogP contribution < -0.4 is 11.5 Å². The number of nitrogens with zero attached hydrogens (tertiary/aromatic N) is 3. The Balaban J connectivity index is 1.60. The van der Waals surface area contributed by atoms with Crippen LogP contribution in [0.15, 0.2) is 49.1 Å². The van der Waals surface area contributed by atoms with E-state index < -0.39 is 0 Å². The molecule has 132 valence electrons. The van der Waals surface area contributed by atoms with Crippen LogP contribution in [-0.4, -0.2) is 20.7 Å². The minimum absolute atomic E-state index is 0.405. The first-order valence-corrected chi connectivity index (χ1v) is 8.81. The van der Waals surface area contributed by atoms with Gasteiger partial charge in [0.25, 0.3) is 0 Å². The molecule has 1 saturated carbocycles. The third kappa shape index (κ3) is 2.73. The van der Waals surface area contributed by atoms with Gasteiger partial charge in [0, 0.05) is 30.2 Å². The largest absolute Gasteiger partial charge is 0.404 e. The van der Waals surface area contributed by atoms with Crippen LogP contribution in [0.25, 0.3) is 16.6 Å². The first-order chi connectivity index (χ1) is 12.7. The Labute approximate surface area is 152 Å². The molecule has 6 heteroatoms. The Kier molecular flexibility index (Phi) is 4.16. The Morgan fingerprint density at radius 2 is 2.12 bits per heavy atom. The summed E-state index contributed by atoms with van der Waals surface area (Å²) in [6, 6.07) is 10.8. The Hall–Kier alpha value is -3.15. The van der Waals surface area contributed by atoms with Crippen molar-refractivity contribution in [1.82, 2.24) is 14.5 Å². The highest BCUT2D eigenvalue weighted by Gasteiger charge is 2.28. The van der Waals surface area contributed by atoms with E-state index in [0.29, 0.717) is 17.8 Å². The summed E-state index contributed by atoms with van der Waals surface area (Å²) >= 11 is 0.